The number of pyridine rings is 1. The SMILES string of the molecule is CC(C)CCN(CCC(C)C)S(=O)(=O)N1CCNCC1c1cccnc1.Cl. The minimum absolute atomic E-state index is 0. The quantitative estimate of drug-likeness (QED) is 0.669. The Morgan fingerprint density at radius 3 is 2.37 bits per heavy atom. The van der Waals surface area contributed by atoms with E-state index in [1.807, 2.05) is 12.1 Å². The monoisotopic (exact) mass is 418 g/mol. The van der Waals surface area contributed by atoms with Crippen LogP contribution in [0.15, 0.2) is 24.5 Å². The normalized spacial score (nSPS) is 18.9. The molecule has 0 spiro atoms. The van der Waals surface area contributed by atoms with Crippen molar-refractivity contribution in [2.24, 2.45) is 11.8 Å². The summed E-state index contributed by atoms with van der Waals surface area (Å²) in [5, 5.41) is 3.32. The largest absolute Gasteiger partial charge is 0.313 e. The molecule has 1 aliphatic heterocycles. The average Bonchev–Trinajstić information content (AvgIpc) is 2.61. The van der Waals surface area contributed by atoms with Gasteiger partial charge in [0, 0.05) is 45.1 Å². The molecule has 2 rings (SSSR count). The van der Waals surface area contributed by atoms with Crippen LogP contribution in [0, 0.1) is 11.8 Å². The van der Waals surface area contributed by atoms with Crippen LogP contribution in [0.25, 0.3) is 0 Å². The molecule has 156 valence electrons. The van der Waals surface area contributed by atoms with Crippen LogP contribution >= 0.6 is 12.4 Å². The Kier molecular flexibility index (Phi) is 10.2. The lowest BCUT2D eigenvalue weighted by molar-refractivity contribution is 0.240. The van der Waals surface area contributed by atoms with E-state index in [9.17, 15) is 8.42 Å². The zero-order valence-electron chi connectivity index (χ0n) is 17.0. The van der Waals surface area contributed by atoms with Gasteiger partial charge >= 0.3 is 0 Å². The molecule has 0 aliphatic carbocycles. The van der Waals surface area contributed by atoms with Gasteiger partial charge in [0.2, 0.25) is 0 Å². The van der Waals surface area contributed by atoms with Crippen LogP contribution in [0.5, 0.6) is 0 Å². The summed E-state index contributed by atoms with van der Waals surface area (Å²) in [5.74, 6) is 0.952. The van der Waals surface area contributed by atoms with Crippen molar-refractivity contribution in [2.45, 2.75) is 46.6 Å². The number of nitrogens with zero attached hydrogens (tertiary/aromatic N) is 3. The lowest BCUT2D eigenvalue weighted by Gasteiger charge is -2.38. The van der Waals surface area contributed by atoms with E-state index in [2.05, 4.69) is 38.0 Å². The van der Waals surface area contributed by atoms with Crippen molar-refractivity contribution in [3.63, 3.8) is 0 Å². The Balaban J connectivity index is 0.00000364. The van der Waals surface area contributed by atoms with E-state index in [-0.39, 0.29) is 18.4 Å². The van der Waals surface area contributed by atoms with E-state index >= 15 is 0 Å². The summed E-state index contributed by atoms with van der Waals surface area (Å²) in [5.41, 5.74) is 0.941. The fraction of sp³-hybridized carbons (Fsp3) is 0.737. The van der Waals surface area contributed by atoms with Crippen molar-refractivity contribution in [1.29, 1.82) is 0 Å². The predicted molar refractivity (Wildman–Crippen MR) is 113 cm³/mol. The third kappa shape index (κ3) is 6.98. The Hall–Kier alpha value is -0.730. The molecule has 1 unspecified atom stereocenters. The van der Waals surface area contributed by atoms with Crippen LogP contribution in [0.2, 0.25) is 0 Å². The summed E-state index contributed by atoms with van der Waals surface area (Å²) < 4.78 is 30.4. The fourth-order valence-corrected chi connectivity index (χ4v) is 4.92. The van der Waals surface area contributed by atoms with Crippen LogP contribution in [-0.2, 0) is 10.2 Å². The lowest BCUT2D eigenvalue weighted by Crippen LogP contribution is -2.53. The van der Waals surface area contributed by atoms with Crippen LogP contribution < -0.4 is 5.32 Å². The van der Waals surface area contributed by atoms with Crippen molar-refractivity contribution in [2.75, 3.05) is 32.7 Å². The number of nitrogens with one attached hydrogen (secondary N) is 1. The maximum absolute atomic E-state index is 13.5. The number of halogens is 1. The van der Waals surface area contributed by atoms with E-state index in [4.69, 9.17) is 0 Å². The van der Waals surface area contributed by atoms with Crippen LogP contribution in [0.1, 0.15) is 52.1 Å². The first-order valence-corrected chi connectivity index (χ1v) is 11.1. The fourth-order valence-electron chi connectivity index (χ4n) is 3.11. The second kappa shape index (κ2) is 11.3. The van der Waals surface area contributed by atoms with Gasteiger partial charge in [0.25, 0.3) is 10.2 Å². The molecule has 1 fully saturated rings. The van der Waals surface area contributed by atoms with E-state index in [1.54, 1.807) is 21.0 Å². The van der Waals surface area contributed by atoms with E-state index in [0.29, 0.717) is 44.6 Å². The highest BCUT2D eigenvalue weighted by atomic mass is 35.5. The second-order valence-corrected chi connectivity index (χ2v) is 9.77. The van der Waals surface area contributed by atoms with Gasteiger partial charge in [-0.05, 0) is 36.3 Å². The first-order valence-electron chi connectivity index (χ1n) is 9.70. The van der Waals surface area contributed by atoms with Gasteiger partial charge in [-0.25, -0.2) is 0 Å². The zero-order valence-corrected chi connectivity index (χ0v) is 18.6. The molecule has 0 bridgehead atoms. The molecule has 0 saturated carbocycles. The van der Waals surface area contributed by atoms with Crippen molar-refractivity contribution in [1.82, 2.24) is 18.9 Å². The number of aromatic nitrogens is 1. The molecule has 1 N–H and O–H groups in total. The molecule has 1 aromatic heterocycles. The van der Waals surface area contributed by atoms with Gasteiger partial charge in [-0.2, -0.15) is 17.0 Å². The van der Waals surface area contributed by atoms with Crippen molar-refractivity contribution in [3.05, 3.63) is 30.1 Å². The smallest absolute Gasteiger partial charge is 0.282 e. The molecule has 1 atom stereocenters. The van der Waals surface area contributed by atoms with E-state index in [1.165, 1.54) is 0 Å². The van der Waals surface area contributed by atoms with Gasteiger partial charge in [0.1, 0.15) is 0 Å². The van der Waals surface area contributed by atoms with Crippen molar-refractivity contribution >= 4 is 22.6 Å². The highest BCUT2D eigenvalue weighted by Crippen LogP contribution is 2.27. The molecule has 8 heteroatoms. The molecule has 0 aromatic carbocycles. The maximum Gasteiger partial charge on any atom is 0.282 e. The maximum atomic E-state index is 13.5. The van der Waals surface area contributed by atoms with E-state index < -0.39 is 10.2 Å². The van der Waals surface area contributed by atoms with E-state index in [0.717, 1.165) is 18.4 Å². The zero-order chi connectivity index (χ0) is 19.2. The third-order valence-corrected chi connectivity index (χ3v) is 6.85. The highest BCUT2D eigenvalue weighted by Gasteiger charge is 2.37. The first-order chi connectivity index (χ1) is 12.3. The summed E-state index contributed by atoms with van der Waals surface area (Å²) in [6.45, 7) is 11.5. The lowest BCUT2D eigenvalue weighted by atomic mass is 10.1. The summed E-state index contributed by atoms with van der Waals surface area (Å²) in [7, 11) is -3.51. The topological polar surface area (TPSA) is 65.5 Å². The molecule has 6 nitrogen and oxygen atoms in total. The summed E-state index contributed by atoms with van der Waals surface area (Å²) >= 11 is 0. The number of piperazine rings is 1. The van der Waals surface area contributed by atoms with Gasteiger partial charge in [-0.15, -0.1) is 12.4 Å². The Labute approximate surface area is 171 Å². The van der Waals surface area contributed by atoms with Crippen LogP contribution in [0.3, 0.4) is 0 Å². The van der Waals surface area contributed by atoms with Gasteiger partial charge in [-0.3, -0.25) is 4.98 Å². The van der Waals surface area contributed by atoms with Gasteiger partial charge in [-0.1, -0.05) is 33.8 Å². The second-order valence-electron chi connectivity index (χ2n) is 7.89. The van der Waals surface area contributed by atoms with Crippen LogP contribution in [0.4, 0.5) is 0 Å². The average molecular weight is 419 g/mol. The Morgan fingerprint density at radius 2 is 1.85 bits per heavy atom. The molecular weight excluding hydrogens is 384 g/mol. The summed E-state index contributed by atoms with van der Waals surface area (Å²) in [6.07, 6.45) is 5.24. The molecular formula is C19H35ClN4O2S. The Morgan fingerprint density at radius 1 is 1.22 bits per heavy atom. The molecule has 0 amide bonds. The standard InChI is InChI=1S/C19H34N4O2S.ClH/c1-16(2)7-11-22(12-8-17(3)4)26(24,25)23-13-10-21-15-19(23)18-6-5-9-20-14-18;/h5-6,9,14,16-17,19,21H,7-8,10-13,15H2,1-4H3;1H. The number of rotatable bonds is 9. The molecule has 1 aromatic rings. The molecule has 0 radical (unpaired) electrons. The minimum atomic E-state index is -3.51. The predicted octanol–water partition coefficient (Wildman–Crippen LogP) is 3.09. The number of hydrogen-bond donors (Lipinski definition) is 1. The van der Waals surface area contributed by atoms with Crippen molar-refractivity contribution in [3.8, 4) is 0 Å². The highest BCUT2D eigenvalue weighted by molar-refractivity contribution is 7.86. The number of hydrogen-bond acceptors (Lipinski definition) is 4. The third-order valence-electron chi connectivity index (χ3n) is 4.80. The van der Waals surface area contributed by atoms with Gasteiger partial charge < -0.3 is 5.32 Å². The summed E-state index contributed by atoms with van der Waals surface area (Å²) in [6, 6.07) is 3.62. The molecule has 27 heavy (non-hydrogen) atoms. The first kappa shape index (κ1) is 24.3. The van der Waals surface area contributed by atoms with Crippen LogP contribution in [-0.4, -0.2) is 54.7 Å². The van der Waals surface area contributed by atoms with Gasteiger partial charge in [0.05, 0.1) is 6.04 Å². The van der Waals surface area contributed by atoms with Crippen molar-refractivity contribution < 1.29 is 8.42 Å². The molecule has 1 saturated heterocycles. The van der Waals surface area contributed by atoms with Gasteiger partial charge in [0.15, 0.2) is 0 Å². The molecule has 2 heterocycles. The summed E-state index contributed by atoms with van der Waals surface area (Å²) in [4.78, 5) is 4.18. The minimum Gasteiger partial charge on any atom is -0.313 e. The molecule has 1 aliphatic rings. The Bertz CT molecular complexity index is 628.